The first-order chi connectivity index (χ1) is 12.0. The summed E-state index contributed by atoms with van der Waals surface area (Å²) < 4.78 is 2.53. The van der Waals surface area contributed by atoms with Crippen molar-refractivity contribution >= 4 is 27.5 Å². The van der Waals surface area contributed by atoms with Crippen LogP contribution in [0.5, 0.6) is 0 Å². The second-order valence-electron chi connectivity index (χ2n) is 7.58. The summed E-state index contributed by atoms with van der Waals surface area (Å²) >= 11 is 9.88. The molecule has 0 saturated carbocycles. The number of hydrogen-bond acceptors (Lipinski definition) is 0. The first-order valence-electron chi connectivity index (χ1n) is 8.62. The summed E-state index contributed by atoms with van der Waals surface area (Å²) in [6, 6.07) is 19.0. The van der Waals surface area contributed by atoms with Gasteiger partial charge in [0.2, 0.25) is 0 Å². The molecule has 0 spiro atoms. The van der Waals surface area contributed by atoms with E-state index in [4.69, 9.17) is 11.6 Å². The molecular weight excluding hydrogens is 394 g/mol. The fourth-order valence-electron chi connectivity index (χ4n) is 4.02. The lowest BCUT2D eigenvalue weighted by Crippen LogP contribution is -2.13. The fourth-order valence-corrected chi connectivity index (χ4v) is 4.72. The highest BCUT2D eigenvalue weighted by Crippen LogP contribution is 2.47. The zero-order valence-corrected chi connectivity index (χ0v) is 16.9. The van der Waals surface area contributed by atoms with Crippen LogP contribution in [0.15, 0.2) is 54.6 Å². The number of aromatic nitrogens is 1. The summed E-state index contributed by atoms with van der Waals surface area (Å²) in [5, 5.41) is 1.62. The Bertz CT molecular complexity index is 907. The first-order valence-corrected chi connectivity index (χ1v) is 10.1. The minimum absolute atomic E-state index is 0.300. The molecule has 0 atom stereocenters. The molecule has 0 aliphatic carbocycles. The third-order valence-corrected chi connectivity index (χ3v) is 5.82. The lowest BCUT2D eigenvalue weighted by Gasteiger charge is -2.18. The average molecular weight is 415 g/mol. The molecule has 2 aromatic carbocycles. The van der Waals surface area contributed by atoms with E-state index in [1.165, 1.54) is 33.6 Å². The quantitative estimate of drug-likeness (QED) is 0.408. The highest BCUT2D eigenvalue weighted by Gasteiger charge is 2.35. The average Bonchev–Trinajstić information content (AvgIpc) is 3.06. The lowest BCUT2D eigenvalue weighted by atomic mass is 9.87. The van der Waals surface area contributed by atoms with Gasteiger partial charge < -0.3 is 4.57 Å². The van der Waals surface area contributed by atoms with Crippen molar-refractivity contribution in [2.45, 2.75) is 32.1 Å². The van der Waals surface area contributed by atoms with E-state index in [1.807, 2.05) is 12.1 Å². The standard InChI is InChI=1S/C22H21BrClN/c1-22(2)12-18-20(15-6-4-3-5-7-15)21(19(13-23)25(18)14-22)16-8-10-17(24)11-9-16/h3-11H,12-14H2,1-2H3. The minimum atomic E-state index is 0.300. The molecule has 1 aliphatic heterocycles. The topological polar surface area (TPSA) is 4.93 Å². The highest BCUT2D eigenvalue weighted by atomic mass is 79.9. The monoisotopic (exact) mass is 413 g/mol. The summed E-state index contributed by atoms with van der Waals surface area (Å²) in [5.41, 5.74) is 8.36. The number of hydrogen-bond donors (Lipinski definition) is 0. The molecule has 0 N–H and O–H groups in total. The van der Waals surface area contributed by atoms with Gasteiger partial charge in [-0.2, -0.15) is 0 Å². The number of halogens is 2. The van der Waals surface area contributed by atoms with E-state index in [1.54, 1.807) is 0 Å². The van der Waals surface area contributed by atoms with Gasteiger partial charge in [0.15, 0.2) is 0 Å². The van der Waals surface area contributed by atoms with Crippen molar-refractivity contribution in [2.75, 3.05) is 0 Å². The van der Waals surface area contributed by atoms with Gasteiger partial charge in [-0.25, -0.2) is 0 Å². The van der Waals surface area contributed by atoms with Gasteiger partial charge in [-0.15, -0.1) is 0 Å². The predicted molar refractivity (Wildman–Crippen MR) is 110 cm³/mol. The van der Waals surface area contributed by atoms with Gasteiger partial charge in [-0.3, -0.25) is 0 Å². The number of rotatable bonds is 3. The maximum absolute atomic E-state index is 6.13. The maximum Gasteiger partial charge on any atom is 0.0443 e. The maximum atomic E-state index is 6.13. The van der Waals surface area contributed by atoms with Crippen LogP contribution in [0, 0.1) is 5.41 Å². The van der Waals surface area contributed by atoms with Crippen molar-refractivity contribution in [1.29, 1.82) is 0 Å². The number of nitrogens with zero attached hydrogens (tertiary/aromatic N) is 1. The van der Waals surface area contributed by atoms with Crippen LogP contribution in [0.3, 0.4) is 0 Å². The molecule has 0 bridgehead atoms. The van der Waals surface area contributed by atoms with Crippen LogP contribution in [0.1, 0.15) is 25.2 Å². The Morgan fingerprint density at radius 1 is 0.960 bits per heavy atom. The second kappa shape index (κ2) is 6.34. The summed E-state index contributed by atoms with van der Waals surface area (Å²) in [6.45, 7) is 5.78. The van der Waals surface area contributed by atoms with E-state index in [9.17, 15) is 0 Å². The Kier molecular flexibility index (Phi) is 4.29. The second-order valence-corrected chi connectivity index (χ2v) is 8.57. The van der Waals surface area contributed by atoms with Crippen LogP contribution < -0.4 is 0 Å². The van der Waals surface area contributed by atoms with Crippen molar-refractivity contribution < 1.29 is 0 Å². The largest absolute Gasteiger partial charge is 0.346 e. The molecule has 128 valence electrons. The number of benzene rings is 2. The Labute approximate surface area is 162 Å². The SMILES string of the molecule is CC1(C)Cc2c(-c3ccccc3)c(-c3ccc(Cl)cc3)c(CBr)n2C1. The molecular formula is C22H21BrClN. The van der Waals surface area contributed by atoms with Crippen LogP contribution in [-0.4, -0.2) is 4.57 Å². The van der Waals surface area contributed by atoms with Gasteiger partial charge in [0.1, 0.15) is 0 Å². The molecule has 0 fully saturated rings. The van der Waals surface area contributed by atoms with Crippen molar-refractivity contribution in [2.24, 2.45) is 5.41 Å². The lowest BCUT2D eigenvalue weighted by molar-refractivity contribution is 0.357. The van der Waals surface area contributed by atoms with Crippen LogP contribution in [0.2, 0.25) is 5.02 Å². The number of fused-ring (bicyclic) bond motifs is 1. The van der Waals surface area contributed by atoms with E-state index >= 15 is 0 Å². The Morgan fingerprint density at radius 3 is 2.24 bits per heavy atom. The van der Waals surface area contributed by atoms with Gasteiger partial charge in [0, 0.05) is 39.4 Å². The van der Waals surface area contributed by atoms with Crippen molar-refractivity contribution in [3.63, 3.8) is 0 Å². The zero-order valence-electron chi connectivity index (χ0n) is 14.5. The third kappa shape index (κ3) is 2.96. The molecule has 0 unspecified atom stereocenters. The smallest absolute Gasteiger partial charge is 0.0443 e. The van der Waals surface area contributed by atoms with E-state index in [-0.39, 0.29) is 0 Å². The Morgan fingerprint density at radius 2 is 1.60 bits per heavy atom. The van der Waals surface area contributed by atoms with Gasteiger partial charge in [-0.1, -0.05) is 83.8 Å². The molecule has 4 rings (SSSR count). The molecule has 3 aromatic rings. The normalized spacial score (nSPS) is 15.4. The first kappa shape index (κ1) is 16.9. The number of alkyl halides is 1. The van der Waals surface area contributed by atoms with Crippen LogP contribution >= 0.6 is 27.5 Å². The molecule has 1 aliphatic rings. The van der Waals surface area contributed by atoms with Crippen LogP contribution in [0.25, 0.3) is 22.3 Å². The molecule has 1 nitrogen and oxygen atoms in total. The fraction of sp³-hybridized carbons (Fsp3) is 0.273. The zero-order chi connectivity index (χ0) is 17.6. The van der Waals surface area contributed by atoms with Gasteiger partial charge in [-0.05, 0) is 35.1 Å². The van der Waals surface area contributed by atoms with E-state index in [0.717, 1.165) is 23.3 Å². The Balaban J connectivity index is 2.02. The molecule has 3 heteroatoms. The summed E-state index contributed by atoms with van der Waals surface area (Å²) in [6.07, 6.45) is 1.10. The van der Waals surface area contributed by atoms with Gasteiger partial charge >= 0.3 is 0 Å². The summed E-state index contributed by atoms with van der Waals surface area (Å²) in [7, 11) is 0. The van der Waals surface area contributed by atoms with E-state index in [2.05, 4.69) is 76.8 Å². The molecule has 0 amide bonds. The third-order valence-electron chi connectivity index (χ3n) is 5.03. The Hall–Kier alpha value is -1.51. The van der Waals surface area contributed by atoms with Gasteiger partial charge in [0.25, 0.3) is 0 Å². The molecule has 25 heavy (non-hydrogen) atoms. The van der Waals surface area contributed by atoms with Gasteiger partial charge in [0.05, 0.1) is 0 Å². The van der Waals surface area contributed by atoms with E-state index in [0.29, 0.717) is 5.41 Å². The van der Waals surface area contributed by atoms with Crippen LogP contribution in [-0.2, 0) is 18.3 Å². The van der Waals surface area contributed by atoms with E-state index < -0.39 is 0 Å². The summed E-state index contributed by atoms with van der Waals surface area (Å²) in [4.78, 5) is 0. The highest BCUT2D eigenvalue weighted by molar-refractivity contribution is 9.08. The summed E-state index contributed by atoms with van der Waals surface area (Å²) in [5.74, 6) is 0. The molecule has 2 heterocycles. The van der Waals surface area contributed by atoms with Crippen LogP contribution in [0.4, 0.5) is 0 Å². The van der Waals surface area contributed by atoms with Crippen molar-refractivity contribution in [3.05, 3.63) is 71.0 Å². The minimum Gasteiger partial charge on any atom is -0.346 e. The van der Waals surface area contributed by atoms with Crippen molar-refractivity contribution in [1.82, 2.24) is 4.57 Å². The van der Waals surface area contributed by atoms with Crippen molar-refractivity contribution in [3.8, 4) is 22.3 Å². The molecule has 0 saturated heterocycles. The molecule has 0 radical (unpaired) electrons. The predicted octanol–water partition coefficient (Wildman–Crippen LogP) is 6.95. The molecule has 1 aromatic heterocycles.